The lowest BCUT2D eigenvalue weighted by atomic mass is 9.81. The summed E-state index contributed by atoms with van der Waals surface area (Å²) in [5.74, 6) is -0.115. The molecule has 1 rings (SSSR count). The minimum atomic E-state index is -3.74. The molecule has 21 heavy (non-hydrogen) atoms. The highest BCUT2D eigenvalue weighted by molar-refractivity contribution is 7.89. The van der Waals surface area contributed by atoms with Crippen molar-refractivity contribution in [1.29, 1.82) is 0 Å². The number of sulfonamides is 1. The second-order valence-corrected chi connectivity index (χ2v) is 6.63. The summed E-state index contributed by atoms with van der Waals surface area (Å²) in [6.45, 7) is 4.38. The molecule has 0 aliphatic carbocycles. The highest BCUT2D eigenvalue weighted by Gasteiger charge is 2.32. The van der Waals surface area contributed by atoms with Gasteiger partial charge in [-0.05, 0) is 30.5 Å². The Kier molecular flexibility index (Phi) is 5.88. The molecule has 0 saturated carbocycles. The van der Waals surface area contributed by atoms with Crippen molar-refractivity contribution in [3.63, 3.8) is 0 Å². The molecular weight excluding hydrogens is 290 g/mol. The maximum absolute atomic E-state index is 12.3. The molecular formula is C14H23N3O3S. The van der Waals surface area contributed by atoms with E-state index >= 15 is 0 Å². The molecule has 0 spiro atoms. The zero-order valence-electron chi connectivity index (χ0n) is 12.4. The van der Waals surface area contributed by atoms with Gasteiger partial charge in [-0.1, -0.05) is 26.0 Å². The van der Waals surface area contributed by atoms with Crippen LogP contribution in [0.1, 0.15) is 32.3 Å². The average Bonchev–Trinajstić information content (AvgIpc) is 2.47. The quantitative estimate of drug-likeness (QED) is 0.687. The molecule has 0 fully saturated rings. The van der Waals surface area contributed by atoms with Gasteiger partial charge in [0.05, 0.1) is 10.3 Å². The summed E-state index contributed by atoms with van der Waals surface area (Å²) in [7, 11) is -3.74. The minimum Gasteiger partial charge on any atom is -0.352 e. The molecule has 0 aliphatic rings. The van der Waals surface area contributed by atoms with Crippen molar-refractivity contribution in [2.24, 2.45) is 16.3 Å². The molecule has 7 heteroatoms. The van der Waals surface area contributed by atoms with E-state index in [0.717, 1.165) is 0 Å². The summed E-state index contributed by atoms with van der Waals surface area (Å²) in [6.07, 6.45) is 1.31. The largest absolute Gasteiger partial charge is 0.352 e. The Balaban J connectivity index is 2.83. The zero-order chi connectivity index (χ0) is 16.1. The van der Waals surface area contributed by atoms with Crippen molar-refractivity contribution in [3.8, 4) is 0 Å². The van der Waals surface area contributed by atoms with Gasteiger partial charge in [0.25, 0.3) is 0 Å². The topological polar surface area (TPSA) is 115 Å². The standard InChI is InChI=1S/C14H23N3O3S/c1-3-14(4-2,10-15)13(18)17-9-11-6-5-7-12(8-11)21(16,19)20/h5-8H,3-4,9-10,15H2,1-2H3,(H,17,18)(H2,16,19,20). The molecule has 118 valence electrons. The van der Waals surface area contributed by atoms with E-state index in [1.165, 1.54) is 12.1 Å². The normalized spacial score (nSPS) is 12.2. The molecule has 0 radical (unpaired) electrons. The maximum atomic E-state index is 12.3. The maximum Gasteiger partial charge on any atom is 0.238 e. The molecule has 1 amide bonds. The molecule has 0 heterocycles. The molecule has 0 aliphatic heterocycles. The second-order valence-electron chi connectivity index (χ2n) is 5.07. The Morgan fingerprint density at radius 3 is 2.38 bits per heavy atom. The summed E-state index contributed by atoms with van der Waals surface area (Å²) in [6, 6.07) is 6.20. The van der Waals surface area contributed by atoms with Crippen molar-refractivity contribution < 1.29 is 13.2 Å². The van der Waals surface area contributed by atoms with E-state index in [9.17, 15) is 13.2 Å². The van der Waals surface area contributed by atoms with Gasteiger partial charge in [-0.15, -0.1) is 0 Å². The minimum absolute atomic E-state index is 0.0327. The Hall–Kier alpha value is -1.44. The van der Waals surface area contributed by atoms with Gasteiger partial charge in [-0.2, -0.15) is 0 Å². The van der Waals surface area contributed by atoms with Crippen LogP contribution in [0.25, 0.3) is 0 Å². The number of benzene rings is 1. The highest BCUT2D eigenvalue weighted by atomic mass is 32.2. The monoisotopic (exact) mass is 313 g/mol. The van der Waals surface area contributed by atoms with Crippen molar-refractivity contribution >= 4 is 15.9 Å². The molecule has 5 N–H and O–H groups in total. The predicted octanol–water partition coefficient (Wildman–Crippen LogP) is 0.715. The number of carbonyl (C=O) groups is 1. The summed E-state index contributed by atoms with van der Waals surface area (Å²) >= 11 is 0. The van der Waals surface area contributed by atoms with Crippen LogP contribution >= 0.6 is 0 Å². The first-order valence-corrected chi connectivity index (χ1v) is 8.44. The van der Waals surface area contributed by atoms with E-state index in [4.69, 9.17) is 10.9 Å². The van der Waals surface area contributed by atoms with Gasteiger partial charge in [-0.3, -0.25) is 4.79 Å². The fourth-order valence-electron chi connectivity index (χ4n) is 2.15. The van der Waals surface area contributed by atoms with E-state index in [1.807, 2.05) is 13.8 Å². The molecule has 6 nitrogen and oxygen atoms in total. The Labute approximate surface area is 126 Å². The van der Waals surface area contributed by atoms with Gasteiger partial charge in [0.15, 0.2) is 0 Å². The van der Waals surface area contributed by atoms with E-state index in [0.29, 0.717) is 18.4 Å². The third-order valence-electron chi connectivity index (χ3n) is 3.91. The third kappa shape index (κ3) is 4.26. The molecule has 0 saturated heterocycles. The lowest BCUT2D eigenvalue weighted by Crippen LogP contribution is -2.45. The van der Waals surface area contributed by atoms with Crippen LogP contribution in [-0.4, -0.2) is 20.9 Å². The van der Waals surface area contributed by atoms with Crippen LogP contribution in [0.15, 0.2) is 29.2 Å². The number of hydrogen-bond acceptors (Lipinski definition) is 4. The molecule has 0 unspecified atom stereocenters. The average molecular weight is 313 g/mol. The van der Waals surface area contributed by atoms with Crippen LogP contribution in [0.3, 0.4) is 0 Å². The lowest BCUT2D eigenvalue weighted by molar-refractivity contribution is -0.131. The third-order valence-corrected chi connectivity index (χ3v) is 4.82. The molecule has 0 aromatic heterocycles. The van der Waals surface area contributed by atoms with Gasteiger partial charge in [0, 0.05) is 13.1 Å². The van der Waals surface area contributed by atoms with Crippen LogP contribution in [0.5, 0.6) is 0 Å². The summed E-state index contributed by atoms with van der Waals surface area (Å²) in [5.41, 5.74) is 5.83. The van der Waals surface area contributed by atoms with Crippen LogP contribution in [0.4, 0.5) is 0 Å². The van der Waals surface area contributed by atoms with Crippen molar-refractivity contribution in [1.82, 2.24) is 5.32 Å². The van der Waals surface area contributed by atoms with E-state index < -0.39 is 15.4 Å². The van der Waals surface area contributed by atoms with Crippen molar-refractivity contribution in [2.75, 3.05) is 6.54 Å². The van der Waals surface area contributed by atoms with Crippen LogP contribution < -0.4 is 16.2 Å². The van der Waals surface area contributed by atoms with E-state index in [1.54, 1.807) is 12.1 Å². The smallest absolute Gasteiger partial charge is 0.238 e. The van der Waals surface area contributed by atoms with Gasteiger partial charge in [0.2, 0.25) is 15.9 Å². The van der Waals surface area contributed by atoms with Crippen molar-refractivity contribution in [3.05, 3.63) is 29.8 Å². The number of nitrogens with one attached hydrogen (secondary N) is 1. The SMILES string of the molecule is CCC(CC)(CN)C(=O)NCc1cccc(S(N)(=O)=O)c1. The fourth-order valence-corrected chi connectivity index (χ4v) is 2.74. The predicted molar refractivity (Wildman–Crippen MR) is 81.7 cm³/mol. The Morgan fingerprint density at radius 2 is 1.90 bits per heavy atom. The summed E-state index contributed by atoms with van der Waals surface area (Å²) in [4.78, 5) is 12.3. The van der Waals surface area contributed by atoms with E-state index in [-0.39, 0.29) is 23.9 Å². The number of carbonyl (C=O) groups excluding carboxylic acids is 1. The second kappa shape index (κ2) is 7.02. The molecule has 1 aromatic rings. The number of nitrogens with two attached hydrogens (primary N) is 2. The van der Waals surface area contributed by atoms with Crippen molar-refractivity contribution in [2.45, 2.75) is 38.1 Å². The first-order chi connectivity index (χ1) is 9.79. The fraction of sp³-hybridized carbons (Fsp3) is 0.500. The molecule has 0 bridgehead atoms. The Morgan fingerprint density at radius 1 is 1.29 bits per heavy atom. The Bertz CT molecular complexity index is 587. The van der Waals surface area contributed by atoms with Crippen LogP contribution in [0, 0.1) is 5.41 Å². The number of amides is 1. The first-order valence-electron chi connectivity index (χ1n) is 6.89. The van der Waals surface area contributed by atoms with Crippen LogP contribution in [-0.2, 0) is 21.4 Å². The van der Waals surface area contributed by atoms with Gasteiger partial charge < -0.3 is 11.1 Å². The zero-order valence-corrected chi connectivity index (χ0v) is 13.2. The molecule has 1 aromatic carbocycles. The highest BCUT2D eigenvalue weighted by Crippen LogP contribution is 2.25. The summed E-state index contributed by atoms with van der Waals surface area (Å²) in [5, 5.41) is 7.90. The van der Waals surface area contributed by atoms with Crippen LogP contribution in [0.2, 0.25) is 0 Å². The van der Waals surface area contributed by atoms with Gasteiger partial charge in [0.1, 0.15) is 0 Å². The number of primary sulfonamides is 1. The number of hydrogen-bond donors (Lipinski definition) is 3. The van der Waals surface area contributed by atoms with Gasteiger partial charge in [-0.25, -0.2) is 13.6 Å². The first kappa shape index (κ1) is 17.6. The lowest BCUT2D eigenvalue weighted by Gasteiger charge is -2.28. The van der Waals surface area contributed by atoms with Gasteiger partial charge >= 0.3 is 0 Å². The summed E-state index contributed by atoms with van der Waals surface area (Å²) < 4.78 is 22.6. The number of rotatable bonds is 7. The molecule has 0 atom stereocenters. The van der Waals surface area contributed by atoms with E-state index in [2.05, 4.69) is 5.32 Å².